The van der Waals surface area contributed by atoms with Crippen molar-refractivity contribution in [3.8, 4) is 11.4 Å². The van der Waals surface area contributed by atoms with Gasteiger partial charge in [0.15, 0.2) is 5.82 Å². The van der Waals surface area contributed by atoms with Crippen LogP contribution in [-0.2, 0) is 7.05 Å². The third-order valence-electron chi connectivity index (χ3n) is 2.97. The van der Waals surface area contributed by atoms with Crippen molar-refractivity contribution in [3.63, 3.8) is 0 Å². The van der Waals surface area contributed by atoms with Crippen LogP contribution in [0.3, 0.4) is 0 Å². The van der Waals surface area contributed by atoms with Crippen LogP contribution < -0.4 is 0 Å². The fourth-order valence-electron chi connectivity index (χ4n) is 1.93. The number of hydrogen-bond acceptors (Lipinski definition) is 3. The first kappa shape index (κ1) is 9.96. The van der Waals surface area contributed by atoms with E-state index in [1.165, 1.54) is 0 Å². The molecule has 3 aromatic rings. The molecular weight excluding hydrogens is 212 g/mol. The summed E-state index contributed by atoms with van der Waals surface area (Å²) in [6, 6.07) is 10.1. The standard InChI is InChI=1S/C13H12N4/c1-9-15-16-13(17(9)2)11-7-3-5-10-6-4-8-14-12(10)11/h3-8H,1-2H3. The molecule has 4 heteroatoms. The molecule has 0 N–H and O–H groups in total. The van der Waals surface area contributed by atoms with Crippen molar-refractivity contribution in [2.75, 3.05) is 0 Å². The molecule has 2 aromatic heterocycles. The molecule has 0 atom stereocenters. The summed E-state index contributed by atoms with van der Waals surface area (Å²) in [5.74, 6) is 1.75. The van der Waals surface area contributed by atoms with Crippen molar-refractivity contribution in [1.29, 1.82) is 0 Å². The Balaban J connectivity index is 2.34. The maximum Gasteiger partial charge on any atom is 0.165 e. The second-order valence-electron chi connectivity index (χ2n) is 4.01. The molecule has 4 nitrogen and oxygen atoms in total. The van der Waals surface area contributed by atoms with Crippen molar-refractivity contribution in [1.82, 2.24) is 19.7 Å². The number of aryl methyl sites for hydroxylation is 1. The van der Waals surface area contributed by atoms with Crippen LogP contribution in [0.1, 0.15) is 5.82 Å². The summed E-state index contributed by atoms with van der Waals surface area (Å²) in [6.45, 7) is 1.94. The number of pyridine rings is 1. The summed E-state index contributed by atoms with van der Waals surface area (Å²) in [4.78, 5) is 4.43. The van der Waals surface area contributed by atoms with Crippen molar-refractivity contribution in [2.24, 2.45) is 7.05 Å². The van der Waals surface area contributed by atoms with E-state index < -0.39 is 0 Å². The van der Waals surface area contributed by atoms with E-state index in [4.69, 9.17) is 0 Å². The van der Waals surface area contributed by atoms with Crippen molar-refractivity contribution in [3.05, 3.63) is 42.4 Å². The minimum Gasteiger partial charge on any atom is -0.314 e. The molecule has 1 aromatic carbocycles. The van der Waals surface area contributed by atoms with Gasteiger partial charge in [0, 0.05) is 24.2 Å². The lowest BCUT2D eigenvalue weighted by Gasteiger charge is -2.05. The van der Waals surface area contributed by atoms with Crippen LogP contribution in [0.4, 0.5) is 0 Å². The molecule has 0 bridgehead atoms. The predicted octanol–water partition coefficient (Wildman–Crippen LogP) is 2.34. The molecule has 84 valence electrons. The summed E-state index contributed by atoms with van der Waals surface area (Å²) in [5, 5.41) is 9.41. The van der Waals surface area contributed by atoms with Crippen molar-refractivity contribution < 1.29 is 0 Å². The van der Waals surface area contributed by atoms with Gasteiger partial charge < -0.3 is 4.57 Å². The van der Waals surface area contributed by atoms with Gasteiger partial charge in [0.1, 0.15) is 5.82 Å². The van der Waals surface area contributed by atoms with Crippen LogP contribution in [0.5, 0.6) is 0 Å². The zero-order chi connectivity index (χ0) is 11.8. The quantitative estimate of drug-likeness (QED) is 0.637. The average Bonchev–Trinajstić information content (AvgIpc) is 2.69. The number of aromatic nitrogens is 4. The second-order valence-corrected chi connectivity index (χ2v) is 4.01. The van der Waals surface area contributed by atoms with Gasteiger partial charge in [0.2, 0.25) is 0 Å². The molecule has 3 rings (SSSR count). The van der Waals surface area contributed by atoms with Crippen LogP contribution in [0.15, 0.2) is 36.5 Å². The molecule has 0 aliphatic rings. The van der Waals surface area contributed by atoms with E-state index in [0.29, 0.717) is 0 Å². The summed E-state index contributed by atoms with van der Waals surface area (Å²) in [5.41, 5.74) is 1.98. The average molecular weight is 224 g/mol. The summed E-state index contributed by atoms with van der Waals surface area (Å²) in [7, 11) is 1.96. The van der Waals surface area contributed by atoms with E-state index in [2.05, 4.69) is 27.3 Å². The van der Waals surface area contributed by atoms with Crippen LogP contribution >= 0.6 is 0 Å². The number of para-hydroxylation sites is 1. The predicted molar refractivity (Wildman–Crippen MR) is 66.5 cm³/mol. The maximum absolute atomic E-state index is 4.43. The molecular formula is C13H12N4. The summed E-state index contributed by atoms with van der Waals surface area (Å²) < 4.78 is 1.98. The maximum atomic E-state index is 4.43. The number of nitrogens with zero attached hydrogens (tertiary/aromatic N) is 4. The molecule has 17 heavy (non-hydrogen) atoms. The molecule has 0 fully saturated rings. The molecule has 0 aliphatic heterocycles. The minimum absolute atomic E-state index is 0.854. The fraction of sp³-hybridized carbons (Fsp3) is 0.154. The highest BCUT2D eigenvalue weighted by Gasteiger charge is 2.11. The molecule has 0 radical (unpaired) electrons. The van der Waals surface area contributed by atoms with Crippen molar-refractivity contribution in [2.45, 2.75) is 6.92 Å². The Kier molecular flexibility index (Phi) is 2.14. The van der Waals surface area contributed by atoms with Gasteiger partial charge in [-0.1, -0.05) is 18.2 Å². The van der Waals surface area contributed by atoms with Crippen LogP contribution in [0.2, 0.25) is 0 Å². The molecule has 0 aliphatic carbocycles. The highest BCUT2D eigenvalue weighted by Crippen LogP contribution is 2.25. The van der Waals surface area contributed by atoms with Gasteiger partial charge in [-0.25, -0.2) is 0 Å². The fourth-order valence-corrected chi connectivity index (χ4v) is 1.93. The van der Waals surface area contributed by atoms with E-state index in [1.807, 2.05) is 36.7 Å². The van der Waals surface area contributed by atoms with E-state index in [1.54, 1.807) is 6.20 Å². The van der Waals surface area contributed by atoms with Gasteiger partial charge in [0.25, 0.3) is 0 Å². The molecule has 0 saturated heterocycles. The van der Waals surface area contributed by atoms with Gasteiger partial charge in [-0.15, -0.1) is 10.2 Å². The van der Waals surface area contributed by atoms with E-state index >= 15 is 0 Å². The number of rotatable bonds is 1. The van der Waals surface area contributed by atoms with Gasteiger partial charge in [-0.05, 0) is 19.1 Å². The van der Waals surface area contributed by atoms with Crippen LogP contribution in [0, 0.1) is 6.92 Å². The topological polar surface area (TPSA) is 43.6 Å². The Morgan fingerprint density at radius 3 is 2.65 bits per heavy atom. The van der Waals surface area contributed by atoms with Crippen LogP contribution in [-0.4, -0.2) is 19.7 Å². The van der Waals surface area contributed by atoms with Crippen molar-refractivity contribution >= 4 is 10.9 Å². The third-order valence-corrected chi connectivity index (χ3v) is 2.97. The van der Waals surface area contributed by atoms with E-state index in [9.17, 15) is 0 Å². The van der Waals surface area contributed by atoms with Gasteiger partial charge >= 0.3 is 0 Å². The zero-order valence-electron chi connectivity index (χ0n) is 9.75. The first-order valence-electron chi connectivity index (χ1n) is 5.47. The molecule has 0 saturated carbocycles. The van der Waals surface area contributed by atoms with E-state index in [0.717, 1.165) is 28.1 Å². The Hall–Kier alpha value is -2.23. The number of benzene rings is 1. The summed E-state index contributed by atoms with van der Waals surface area (Å²) in [6.07, 6.45) is 1.80. The monoisotopic (exact) mass is 224 g/mol. The third kappa shape index (κ3) is 1.49. The molecule has 0 unspecified atom stereocenters. The van der Waals surface area contributed by atoms with E-state index in [-0.39, 0.29) is 0 Å². The molecule has 2 heterocycles. The Bertz CT molecular complexity index is 679. The lowest BCUT2D eigenvalue weighted by Crippen LogP contribution is -1.96. The normalized spacial score (nSPS) is 10.9. The van der Waals surface area contributed by atoms with Gasteiger partial charge in [0.05, 0.1) is 5.52 Å². The first-order chi connectivity index (χ1) is 8.27. The lowest BCUT2D eigenvalue weighted by molar-refractivity contribution is 0.865. The molecule has 0 spiro atoms. The Morgan fingerprint density at radius 1 is 1.06 bits per heavy atom. The Morgan fingerprint density at radius 2 is 1.88 bits per heavy atom. The second kappa shape index (κ2) is 3.66. The SMILES string of the molecule is Cc1nnc(-c2cccc3cccnc23)n1C. The van der Waals surface area contributed by atoms with Crippen LogP contribution in [0.25, 0.3) is 22.3 Å². The minimum atomic E-state index is 0.854. The summed E-state index contributed by atoms with van der Waals surface area (Å²) >= 11 is 0. The zero-order valence-corrected chi connectivity index (χ0v) is 9.75. The largest absolute Gasteiger partial charge is 0.314 e. The van der Waals surface area contributed by atoms with Gasteiger partial charge in [-0.2, -0.15) is 0 Å². The number of hydrogen-bond donors (Lipinski definition) is 0. The smallest absolute Gasteiger partial charge is 0.165 e. The highest BCUT2D eigenvalue weighted by molar-refractivity contribution is 5.91. The lowest BCUT2D eigenvalue weighted by atomic mass is 10.1. The Labute approximate surface area is 98.9 Å². The van der Waals surface area contributed by atoms with Gasteiger partial charge in [-0.3, -0.25) is 4.98 Å². The molecule has 0 amide bonds. The highest BCUT2D eigenvalue weighted by atomic mass is 15.3. The first-order valence-corrected chi connectivity index (χ1v) is 5.47. The number of fused-ring (bicyclic) bond motifs is 1.